The third kappa shape index (κ3) is 3.69. The van der Waals surface area contributed by atoms with Crippen LogP contribution in [0.5, 0.6) is 0 Å². The van der Waals surface area contributed by atoms with Gasteiger partial charge in [0.25, 0.3) is 0 Å². The molecule has 1 unspecified atom stereocenters. The molecule has 0 aromatic rings. The summed E-state index contributed by atoms with van der Waals surface area (Å²) in [6.45, 7) is 2.35. The molecule has 4 nitrogen and oxygen atoms in total. The van der Waals surface area contributed by atoms with Crippen LogP contribution in [0.4, 0.5) is 0 Å². The Balaban J connectivity index is 3.90. The fourth-order valence-electron chi connectivity index (χ4n) is 1.000. The summed E-state index contributed by atoms with van der Waals surface area (Å²) >= 11 is 0. The zero-order chi connectivity index (χ0) is 9.56. The molecule has 72 valence electrons. The van der Waals surface area contributed by atoms with Gasteiger partial charge in [0, 0.05) is 12.6 Å². The van der Waals surface area contributed by atoms with Crippen LogP contribution >= 0.6 is 0 Å². The van der Waals surface area contributed by atoms with Gasteiger partial charge in [0.1, 0.15) is 0 Å². The maximum Gasteiger partial charge on any atom is 0.309 e. The van der Waals surface area contributed by atoms with E-state index in [1.54, 1.807) is 0 Å². The summed E-state index contributed by atoms with van der Waals surface area (Å²) < 4.78 is 4.60. The van der Waals surface area contributed by atoms with Crippen molar-refractivity contribution in [1.82, 2.24) is 5.32 Å². The normalized spacial score (nSPS) is 15.3. The van der Waals surface area contributed by atoms with E-state index >= 15 is 0 Å². The molecule has 2 atom stereocenters. The number of hydrogen-bond donors (Lipinski definition) is 2. The second kappa shape index (κ2) is 5.97. The first-order valence-electron chi connectivity index (χ1n) is 4.10. The first-order valence-corrected chi connectivity index (χ1v) is 4.10. The Morgan fingerprint density at radius 2 is 2.25 bits per heavy atom. The van der Waals surface area contributed by atoms with Crippen LogP contribution in [0.3, 0.4) is 0 Å². The highest BCUT2D eigenvalue weighted by molar-refractivity contribution is 5.72. The van der Waals surface area contributed by atoms with E-state index in [2.05, 4.69) is 10.1 Å². The van der Waals surface area contributed by atoms with E-state index in [-0.39, 0.29) is 17.9 Å². The van der Waals surface area contributed by atoms with Gasteiger partial charge in [-0.15, -0.1) is 0 Å². The van der Waals surface area contributed by atoms with E-state index in [0.717, 1.165) is 6.42 Å². The fraction of sp³-hybridized carbons (Fsp3) is 0.875. The van der Waals surface area contributed by atoms with E-state index in [4.69, 9.17) is 5.73 Å². The molecule has 0 aromatic carbocycles. The van der Waals surface area contributed by atoms with Crippen molar-refractivity contribution in [2.45, 2.75) is 19.4 Å². The molecule has 0 fully saturated rings. The van der Waals surface area contributed by atoms with Crippen LogP contribution in [0.15, 0.2) is 0 Å². The maximum atomic E-state index is 11.1. The number of hydrogen-bond acceptors (Lipinski definition) is 4. The molecule has 0 spiro atoms. The van der Waals surface area contributed by atoms with Crippen molar-refractivity contribution in [3.63, 3.8) is 0 Å². The van der Waals surface area contributed by atoms with Gasteiger partial charge in [-0.05, 0) is 20.4 Å². The molecular weight excluding hydrogens is 156 g/mol. The van der Waals surface area contributed by atoms with E-state index < -0.39 is 0 Å². The van der Waals surface area contributed by atoms with Crippen molar-refractivity contribution in [2.75, 3.05) is 20.7 Å². The van der Waals surface area contributed by atoms with Crippen LogP contribution in [0, 0.1) is 5.92 Å². The SMILES string of the molecule is CN[C@@H](C)CC(CN)C(=O)OC. The second-order valence-corrected chi connectivity index (χ2v) is 2.88. The van der Waals surface area contributed by atoms with Crippen LogP contribution in [0.1, 0.15) is 13.3 Å². The number of ether oxygens (including phenoxy) is 1. The summed E-state index contributed by atoms with van der Waals surface area (Å²) in [5.41, 5.74) is 5.42. The Bertz CT molecular complexity index is 139. The van der Waals surface area contributed by atoms with Gasteiger partial charge in [-0.1, -0.05) is 0 Å². The number of methoxy groups -OCH3 is 1. The lowest BCUT2D eigenvalue weighted by Gasteiger charge is -2.16. The molecule has 0 radical (unpaired) electrons. The molecule has 0 aliphatic carbocycles. The molecule has 0 aliphatic heterocycles. The van der Waals surface area contributed by atoms with Crippen molar-refractivity contribution < 1.29 is 9.53 Å². The third-order valence-corrected chi connectivity index (χ3v) is 1.95. The summed E-state index contributed by atoms with van der Waals surface area (Å²) in [4.78, 5) is 11.1. The minimum absolute atomic E-state index is 0.183. The van der Waals surface area contributed by atoms with Gasteiger partial charge < -0.3 is 15.8 Å². The topological polar surface area (TPSA) is 64.3 Å². The zero-order valence-electron chi connectivity index (χ0n) is 7.96. The standard InChI is InChI=1S/C8H18N2O2/c1-6(10-2)4-7(5-9)8(11)12-3/h6-7,10H,4-5,9H2,1-3H3/t6-,7?/m0/s1. The summed E-state index contributed by atoms with van der Waals surface area (Å²) in [7, 11) is 3.24. The highest BCUT2D eigenvalue weighted by Gasteiger charge is 2.19. The fourth-order valence-corrected chi connectivity index (χ4v) is 1.000. The van der Waals surface area contributed by atoms with E-state index in [0.29, 0.717) is 6.54 Å². The van der Waals surface area contributed by atoms with Crippen molar-refractivity contribution in [1.29, 1.82) is 0 Å². The lowest BCUT2D eigenvalue weighted by atomic mass is 10.0. The lowest BCUT2D eigenvalue weighted by molar-refractivity contribution is -0.145. The Morgan fingerprint density at radius 1 is 1.67 bits per heavy atom. The van der Waals surface area contributed by atoms with Gasteiger partial charge in [-0.2, -0.15) is 0 Å². The van der Waals surface area contributed by atoms with Gasteiger partial charge in [-0.3, -0.25) is 4.79 Å². The molecular formula is C8H18N2O2. The molecule has 0 amide bonds. The number of esters is 1. The second-order valence-electron chi connectivity index (χ2n) is 2.88. The minimum atomic E-state index is -0.223. The Labute approximate surface area is 73.5 Å². The number of nitrogens with one attached hydrogen (secondary N) is 1. The van der Waals surface area contributed by atoms with Crippen molar-refractivity contribution in [2.24, 2.45) is 11.7 Å². The van der Waals surface area contributed by atoms with Crippen molar-refractivity contribution in [3.8, 4) is 0 Å². The Kier molecular flexibility index (Phi) is 5.66. The molecule has 0 rings (SSSR count). The number of carbonyl (C=O) groups is 1. The largest absolute Gasteiger partial charge is 0.469 e. The maximum absolute atomic E-state index is 11.1. The first-order chi connectivity index (χ1) is 5.65. The average Bonchev–Trinajstić information content (AvgIpc) is 2.12. The molecule has 0 heterocycles. The number of rotatable bonds is 5. The summed E-state index contributed by atoms with van der Waals surface area (Å²) in [6.07, 6.45) is 0.722. The summed E-state index contributed by atoms with van der Waals surface area (Å²) in [5.74, 6) is -0.406. The molecule has 0 bridgehead atoms. The molecule has 4 heteroatoms. The first kappa shape index (κ1) is 11.4. The third-order valence-electron chi connectivity index (χ3n) is 1.95. The van der Waals surface area contributed by atoms with Gasteiger partial charge in [0.2, 0.25) is 0 Å². The van der Waals surface area contributed by atoms with Crippen molar-refractivity contribution >= 4 is 5.97 Å². The minimum Gasteiger partial charge on any atom is -0.469 e. The predicted molar refractivity (Wildman–Crippen MR) is 47.7 cm³/mol. The Morgan fingerprint density at radius 3 is 2.58 bits per heavy atom. The van der Waals surface area contributed by atoms with Crippen LogP contribution in [-0.2, 0) is 9.53 Å². The molecule has 0 saturated carbocycles. The van der Waals surface area contributed by atoms with Gasteiger partial charge in [0.15, 0.2) is 0 Å². The van der Waals surface area contributed by atoms with E-state index in [1.165, 1.54) is 7.11 Å². The average molecular weight is 174 g/mol. The van der Waals surface area contributed by atoms with Crippen LogP contribution in [-0.4, -0.2) is 32.7 Å². The lowest BCUT2D eigenvalue weighted by Crippen LogP contribution is -2.32. The van der Waals surface area contributed by atoms with Gasteiger partial charge in [-0.25, -0.2) is 0 Å². The molecule has 12 heavy (non-hydrogen) atoms. The number of nitrogens with two attached hydrogens (primary N) is 1. The molecule has 0 saturated heterocycles. The molecule has 0 aliphatic rings. The zero-order valence-corrected chi connectivity index (χ0v) is 7.96. The predicted octanol–water partition coefficient (Wildman–Crippen LogP) is -0.268. The highest BCUT2D eigenvalue weighted by atomic mass is 16.5. The summed E-state index contributed by atoms with van der Waals surface area (Å²) in [6, 6.07) is 0.289. The number of carbonyl (C=O) groups excluding carboxylic acids is 1. The van der Waals surface area contributed by atoms with Crippen molar-refractivity contribution in [3.05, 3.63) is 0 Å². The van der Waals surface area contributed by atoms with E-state index in [1.807, 2.05) is 14.0 Å². The molecule has 0 aromatic heterocycles. The van der Waals surface area contributed by atoms with Gasteiger partial charge in [0.05, 0.1) is 13.0 Å². The summed E-state index contributed by atoms with van der Waals surface area (Å²) in [5, 5.41) is 3.05. The van der Waals surface area contributed by atoms with Gasteiger partial charge >= 0.3 is 5.97 Å². The quantitative estimate of drug-likeness (QED) is 0.563. The monoisotopic (exact) mass is 174 g/mol. The van der Waals surface area contributed by atoms with Crippen LogP contribution in [0.2, 0.25) is 0 Å². The van der Waals surface area contributed by atoms with Crippen LogP contribution in [0.25, 0.3) is 0 Å². The van der Waals surface area contributed by atoms with E-state index in [9.17, 15) is 4.79 Å². The highest BCUT2D eigenvalue weighted by Crippen LogP contribution is 2.06. The molecule has 3 N–H and O–H groups in total. The smallest absolute Gasteiger partial charge is 0.309 e. The Hall–Kier alpha value is -0.610. The van der Waals surface area contributed by atoms with Crippen LogP contribution < -0.4 is 11.1 Å².